The molecule has 1 aromatic heterocycles. The number of Topliss-reactive ketones (excluding diaryl/α,β-unsaturated/α-hetero) is 1. The number of hydrogen-bond donors (Lipinski definition) is 0. The third-order valence-corrected chi connectivity index (χ3v) is 1.44. The van der Waals surface area contributed by atoms with Crippen molar-refractivity contribution < 1.29 is 37.5 Å². The van der Waals surface area contributed by atoms with Gasteiger partial charge in [-0.1, -0.05) is 6.92 Å². The molecule has 1 N–H and O–H groups in total. The Morgan fingerprint density at radius 3 is 2.83 bits per heavy atom. The van der Waals surface area contributed by atoms with Crippen LogP contribution < -0.4 is 0 Å². The fraction of sp³-hybridized carbons (Fsp3) is 0.250. The maximum Gasteiger partial charge on any atom is 0.161 e. The molecule has 0 aliphatic carbocycles. The monoisotopic (exact) mass is 238 g/mol. The molecule has 0 spiro atoms. The van der Waals surface area contributed by atoms with Crippen molar-refractivity contribution >= 4 is 11.5 Å². The third-order valence-electron chi connectivity index (χ3n) is 1.44. The second-order valence-electron chi connectivity index (χ2n) is 2.20. The van der Waals surface area contributed by atoms with Crippen LogP contribution in [0.25, 0.3) is 5.73 Å². The number of carbonyl (C=O) groups is 1. The number of ketones is 1. The maximum absolute atomic E-state index is 11.1. The molecule has 1 radical (unpaired) electrons. The van der Waals surface area contributed by atoms with Crippen molar-refractivity contribution in [3.8, 4) is 0 Å². The summed E-state index contributed by atoms with van der Waals surface area (Å²) in [6.07, 6.45) is 3.35. The van der Waals surface area contributed by atoms with Gasteiger partial charge in [0.25, 0.3) is 0 Å². The van der Waals surface area contributed by atoms with E-state index in [1.165, 1.54) is 12.4 Å². The fourth-order valence-electron chi connectivity index (χ4n) is 0.828. The van der Waals surface area contributed by atoms with Crippen LogP contribution in [0.1, 0.15) is 23.7 Å². The molecule has 0 amide bonds. The minimum atomic E-state index is -0.00241. The summed E-state index contributed by atoms with van der Waals surface area (Å²) in [4.78, 5) is 14.8. The van der Waals surface area contributed by atoms with E-state index in [-0.39, 0.29) is 44.2 Å². The van der Waals surface area contributed by atoms with Crippen molar-refractivity contribution in [1.29, 1.82) is 0 Å². The van der Waals surface area contributed by atoms with Gasteiger partial charge >= 0.3 is 0 Å². The predicted octanol–water partition coefficient (Wildman–Crippen LogP) is 2.36. The van der Waals surface area contributed by atoms with Gasteiger partial charge in [0, 0.05) is 57.1 Å². The Morgan fingerprint density at radius 2 is 2.33 bits per heavy atom. The molecular formula is C8H9N2OY-. The fourth-order valence-corrected chi connectivity index (χ4v) is 0.828. The van der Waals surface area contributed by atoms with Crippen LogP contribution in [0, 0.1) is 0 Å². The van der Waals surface area contributed by atoms with Gasteiger partial charge in [0.15, 0.2) is 5.78 Å². The summed E-state index contributed by atoms with van der Waals surface area (Å²) in [5.74, 6) is -0.00241. The molecule has 0 saturated carbocycles. The van der Waals surface area contributed by atoms with Crippen LogP contribution in [0.3, 0.4) is 0 Å². The predicted molar refractivity (Wildman–Crippen MR) is 42.8 cm³/mol. The first-order chi connectivity index (χ1) is 5.25. The van der Waals surface area contributed by atoms with Crippen LogP contribution >= 0.6 is 0 Å². The summed E-state index contributed by atoms with van der Waals surface area (Å²) in [7, 11) is 0. The van der Waals surface area contributed by atoms with E-state index in [1.54, 1.807) is 13.0 Å². The summed E-state index contributed by atoms with van der Waals surface area (Å²) >= 11 is 0. The average Bonchev–Trinajstić information content (AvgIpc) is 2.04. The average molecular weight is 238 g/mol. The first kappa shape index (κ1) is 11.7. The van der Waals surface area contributed by atoms with Crippen molar-refractivity contribution in [2.45, 2.75) is 13.3 Å². The van der Waals surface area contributed by atoms with Crippen LogP contribution in [0.2, 0.25) is 0 Å². The van der Waals surface area contributed by atoms with Crippen LogP contribution in [0.15, 0.2) is 18.5 Å². The number of carbonyl (C=O) groups excluding carboxylic acids is 1. The molecule has 0 unspecified atom stereocenters. The number of pyridine rings is 1. The largest absolute Gasteiger partial charge is 0.697 e. The molecule has 1 rings (SSSR count). The van der Waals surface area contributed by atoms with Crippen LogP contribution in [-0.2, 0) is 32.7 Å². The standard InChI is InChI=1S/C8H10N2O.Y/c1-2-8(11)6-3-4-10-5-7(6)9;/h3-5H,2H2,1H3,(H2,9,11);/p-1. The second-order valence-corrected chi connectivity index (χ2v) is 2.20. The molecule has 0 aliphatic rings. The zero-order valence-corrected chi connectivity index (χ0v) is 9.71. The minimum absolute atomic E-state index is 0. The number of hydrogen-bond acceptors (Lipinski definition) is 2. The van der Waals surface area contributed by atoms with Crippen molar-refractivity contribution in [3.05, 3.63) is 29.8 Å². The van der Waals surface area contributed by atoms with Gasteiger partial charge in [0.1, 0.15) is 0 Å². The normalized spacial score (nSPS) is 8.75. The van der Waals surface area contributed by atoms with E-state index in [0.29, 0.717) is 12.0 Å². The molecule has 4 heteroatoms. The van der Waals surface area contributed by atoms with E-state index < -0.39 is 0 Å². The molecule has 1 heterocycles. The van der Waals surface area contributed by atoms with Gasteiger partial charge in [0.05, 0.1) is 0 Å². The van der Waals surface area contributed by atoms with Crippen molar-refractivity contribution in [2.24, 2.45) is 0 Å². The van der Waals surface area contributed by atoms with Crippen molar-refractivity contribution in [3.63, 3.8) is 0 Å². The summed E-state index contributed by atoms with van der Waals surface area (Å²) in [5.41, 5.74) is 7.99. The van der Waals surface area contributed by atoms with E-state index in [0.717, 1.165) is 0 Å². The maximum atomic E-state index is 11.1. The Balaban J connectivity index is 0.00000121. The molecule has 12 heavy (non-hydrogen) atoms. The molecular weight excluding hydrogens is 229 g/mol. The number of nitrogens with one attached hydrogen (secondary N) is 1. The van der Waals surface area contributed by atoms with Crippen LogP contribution in [0.5, 0.6) is 0 Å². The molecule has 0 aromatic carbocycles. The third kappa shape index (κ3) is 2.65. The SMILES string of the molecule is CCC(=O)c1ccncc1[NH-].[Y]. The molecule has 3 nitrogen and oxygen atoms in total. The molecule has 0 bridgehead atoms. The molecule has 0 atom stereocenters. The van der Waals surface area contributed by atoms with Gasteiger partial charge in [-0.3, -0.25) is 9.78 Å². The van der Waals surface area contributed by atoms with E-state index in [4.69, 9.17) is 5.73 Å². The molecule has 61 valence electrons. The Kier molecular flexibility index (Phi) is 5.26. The minimum Gasteiger partial charge on any atom is -0.697 e. The summed E-state index contributed by atoms with van der Waals surface area (Å²) < 4.78 is 0. The van der Waals surface area contributed by atoms with Crippen molar-refractivity contribution in [2.75, 3.05) is 0 Å². The molecule has 0 aliphatic heterocycles. The first-order valence-electron chi connectivity index (χ1n) is 3.44. The summed E-state index contributed by atoms with van der Waals surface area (Å²) in [6, 6.07) is 1.58. The Labute approximate surface area is 96.6 Å². The van der Waals surface area contributed by atoms with E-state index in [9.17, 15) is 4.79 Å². The van der Waals surface area contributed by atoms with Gasteiger partial charge in [0.2, 0.25) is 0 Å². The van der Waals surface area contributed by atoms with E-state index >= 15 is 0 Å². The Bertz CT molecular complexity index is 276. The molecule has 0 saturated heterocycles. The molecule has 0 fully saturated rings. The number of nitrogens with zero attached hydrogens (tertiary/aromatic N) is 1. The summed E-state index contributed by atoms with van der Waals surface area (Å²) in [5, 5.41) is 0. The topological polar surface area (TPSA) is 53.8 Å². The van der Waals surface area contributed by atoms with Crippen LogP contribution in [-0.4, -0.2) is 10.8 Å². The zero-order chi connectivity index (χ0) is 8.27. The smallest absolute Gasteiger partial charge is 0.161 e. The zero-order valence-electron chi connectivity index (χ0n) is 6.87. The quantitative estimate of drug-likeness (QED) is 0.742. The Hall–Kier alpha value is -0.276. The molecule has 1 aromatic rings. The van der Waals surface area contributed by atoms with Crippen molar-refractivity contribution in [1.82, 2.24) is 4.98 Å². The summed E-state index contributed by atoms with van der Waals surface area (Å²) in [6.45, 7) is 1.78. The van der Waals surface area contributed by atoms with Gasteiger partial charge < -0.3 is 5.73 Å². The van der Waals surface area contributed by atoms with Crippen LogP contribution in [0.4, 0.5) is 5.69 Å². The van der Waals surface area contributed by atoms with Gasteiger partial charge in [-0.2, -0.15) is 0 Å². The van der Waals surface area contributed by atoms with Gasteiger partial charge in [-0.05, 0) is 6.07 Å². The van der Waals surface area contributed by atoms with E-state index in [1.807, 2.05) is 0 Å². The van der Waals surface area contributed by atoms with Gasteiger partial charge in [-0.15, -0.1) is 5.69 Å². The number of rotatable bonds is 2. The van der Waals surface area contributed by atoms with Gasteiger partial charge in [-0.25, -0.2) is 0 Å². The van der Waals surface area contributed by atoms with E-state index in [2.05, 4.69) is 4.98 Å². The number of aromatic nitrogens is 1. The first-order valence-corrected chi connectivity index (χ1v) is 3.44. The Morgan fingerprint density at radius 1 is 1.67 bits per heavy atom. The second kappa shape index (κ2) is 5.38.